The number of aliphatic carboxylic acids is 1. The Morgan fingerprint density at radius 2 is 2.20 bits per heavy atom. The molecule has 7 heteroatoms. The van der Waals surface area contributed by atoms with Crippen LogP contribution in [0.1, 0.15) is 31.6 Å². The lowest BCUT2D eigenvalue weighted by atomic mass is 9.93. The third kappa shape index (κ3) is 2.89. The summed E-state index contributed by atoms with van der Waals surface area (Å²) >= 11 is 1.30. The molecular weight excluding hydrogens is 298 g/mol. The Labute approximate surface area is 123 Å². The SMILES string of the molecule is CCc1ccc(S(=O)(=O)N2CCC(C(=O)O)CC2C)s1. The van der Waals surface area contributed by atoms with Crippen LogP contribution in [0.15, 0.2) is 16.3 Å². The minimum absolute atomic E-state index is 0.276. The minimum Gasteiger partial charge on any atom is -0.481 e. The van der Waals surface area contributed by atoms with Crippen molar-refractivity contribution in [2.45, 2.75) is 43.4 Å². The summed E-state index contributed by atoms with van der Waals surface area (Å²) < 4.78 is 27.0. The van der Waals surface area contributed by atoms with E-state index in [1.807, 2.05) is 13.0 Å². The van der Waals surface area contributed by atoms with Crippen LogP contribution < -0.4 is 0 Å². The van der Waals surface area contributed by atoms with Crippen molar-refractivity contribution >= 4 is 27.3 Å². The van der Waals surface area contributed by atoms with E-state index in [4.69, 9.17) is 5.11 Å². The highest BCUT2D eigenvalue weighted by atomic mass is 32.2. The van der Waals surface area contributed by atoms with Crippen molar-refractivity contribution in [3.8, 4) is 0 Å². The first-order chi connectivity index (χ1) is 9.36. The number of carboxylic acid groups (broad SMARTS) is 1. The third-order valence-corrected chi connectivity index (χ3v) is 7.42. The van der Waals surface area contributed by atoms with Gasteiger partial charge in [-0.1, -0.05) is 6.92 Å². The molecule has 0 aliphatic carbocycles. The van der Waals surface area contributed by atoms with E-state index in [1.54, 1.807) is 13.0 Å². The zero-order chi connectivity index (χ0) is 14.9. The first kappa shape index (κ1) is 15.5. The van der Waals surface area contributed by atoms with Gasteiger partial charge in [0.25, 0.3) is 10.0 Å². The quantitative estimate of drug-likeness (QED) is 0.923. The zero-order valence-corrected chi connectivity index (χ0v) is 13.2. The number of carboxylic acids is 1. The molecule has 1 aliphatic rings. The summed E-state index contributed by atoms with van der Waals surface area (Å²) in [5.41, 5.74) is 0. The molecule has 0 radical (unpaired) electrons. The van der Waals surface area contributed by atoms with E-state index < -0.39 is 21.9 Å². The lowest BCUT2D eigenvalue weighted by molar-refractivity contribution is -0.143. The average Bonchev–Trinajstić information content (AvgIpc) is 2.87. The molecule has 20 heavy (non-hydrogen) atoms. The number of hydrogen-bond donors (Lipinski definition) is 1. The Bertz CT molecular complexity index is 593. The highest BCUT2D eigenvalue weighted by Crippen LogP contribution is 2.31. The van der Waals surface area contributed by atoms with E-state index in [0.717, 1.165) is 11.3 Å². The molecule has 1 N–H and O–H groups in total. The van der Waals surface area contributed by atoms with Crippen molar-refractivity contribution in [3.05, 3.63) is 17.0 Å². The van der Waals surface area contributed by atoms with Crippen molar-refractivity contribution in [1.29, 1.82) is 0 Å². The van der Waals surface area contributed by atoms with Crippen LogP contribution >= 0.6 is 11.3 Å². The summed E-state index contributed by atoms with van der Waals surface area (Å²) in [6, 6.07) is 3.21. The standard InChI is InChI=1S/C13H19NO4S2/c1-3-11-4-5-12(19-11)20(17,18)14-7-6-10(13(15)16)8-9(14)2/h4-5,9-10H,3,6-8H2,1-2H3,(H,15,16). The van der Waals surface area contributed by atoms with E-state index >= 15 is 0 Å². The number of sulfonamides is 1. The number of rotatable bonds is 4. The van der Waals surface area contributed by atoms with Crippen molar-refractivity contribution in [1.82, 2.24) is 4.31 Å². The maximum Gasteiger partial charge on any atom is 0.306 e. The predicted molar refractivity (Wildman–Crippen MR) is 77.4 cm³/mol. The normalized spacial score (nSPS) is 24.7. The van der Waals surface area contributed by atoms with Crippen molar-refractivity contribution in [3.63, 3.8) is 0 Å². The van der Waals surface area contributed by atoms with Gasteiger partial charge in [-0.25, -0.2) is 8.42 Å². The molecule has 2 atom stereocenters. The molecule has 1 aromatic heterocycles. The zero-order valence-electron chi connectivity index (χ0n) is 11.6. The van der Waals surface area contributed by atoms with Gasteiger partial charge in [0.2, 0.25) is 0 Å². The van der Waals surface area contributed by atoms with E-state index in [-0.39, 0.29) is 12.6 Å². The molecule has 2 rings (SSSR count). The molecule has 0 bridgehead atoms. The number of hydrogen-bond acceptors (Lipinski definition) is 4. The number of aryl methyl sites for hydroxylation is 1. The second kappa shape index (κ2) is 5.83. The average molecular weight is 317 g/mol. The first-order valence-electron chi connectivity index (χ1n) is 6.69. The van der Waals surface area contributed by atoms with Crippen molar-refractivity contribution < 1.29 is 18.3 Å². The van der Waals surface area contributed by atoms with E-state index in [1.165, 1.54) is 15.6 Å². The van der Waals surface area contributed by atoms with Crippen molar-refractivity contribution in [2.24, 2.45) is 5.92 Å². The largest absolute Gasteiger partial charge is 0.481 e. The molecule has 0 spiro atoms. The number of carbonyl (C=O) groups is 1. The topological polar surface area (TPSA) is 74.7 Å². The Morgan fingerprint density at radius 3 is 2.70 bits per heavy atom. The van der Waals surface area contributed by atoms with E-state index in [0.29, 0.717) is 17.1 Å². The molecule has 1 fully saturated rings. The molecular formula is C13H19NO4S2. The summed E-state index contributed by atoms with van der Waals surface area (Å²) in [7, 11) is -3.49. The van der Waals surface area contributed by atoms with Crippen LogP contribution in [0.3, 0.4) is 0 Å². The Kier molecular flexibility index (Phi) is 4.51. The van der Waals surface area contributed by atoms with Gasteiger partial charge in [-0.05, 0) is 38.3 Å². The Hall–Kier alpha value is -0.920. The highest BCUT2D eigenvalue weighted by molar-refractivity contribution is 7.91. The molecule has 1 saturated heterocycles. The number of thiophene rings is 1. The molecule has 5 nitrogen and oxygen atoms in total. The Balaban J connectivity index is 2.20. The van der Waals surface area contributed by atoms with Gasteiger partial charge in [0.1, 0.15) is 4.21 Å². The fourth-order valence-corrected chi connectivity index (χ4v) is 5.62. The van der Waals surface area contributed by atoms with Crippen LogP contribution in [0.4, 0.5) is 0 Å². The Morgan fingerprint density at radius 1 is 1.50 bits per heavy atom. The van der Waals surface area contributed by atoms with Gasteiger partial charge in [-0.3, -0.25) is 4.79 Å². The summed E-state index contributed by atoms with van der Waals surface area (Å²) in [6.07, 6.45) is 1.57. The van der Waals surface area contributed by atoms with Crippen LogP contribution in [0, 0.1) is 5.92 Å². The van der Waals surface area contributed by atoms with Crippen LogP contribution in [0.2, 0.25) is 0 Å². The molecule has 1 aliphatic heterocycles. The van der Waals surface area contributed by atoms with Crippen LogP contribution in [-0.2, 0) is 21.2 Å². The lowest BCUT2D eigenvalue weighted by Gasteiger charge is -2.34. The predicted octanol–water partition coefficient (Wildman–Crippen LogP) is 2.18. The number of piperidine rings is 1. The van der Waals surface area contributed by atoms with Crippen molar-refractivity contribution in [2.75, 3.05) is 6.54 Å². The second-order valence-corrected chi connectivity index (χ2v) is 8.38. The summed E-state index contributed by atoms with van der Waals surface area (Å²) in [5, 5.41) is 9.03. The van der Waals surface area contributed by atoms with Gasteiger partial charge < -0.3 is 5.11 Å². The number of nitrogens with zero attached hydrogens (tertiary/aromatic N) is 1. The van der Waals surface area contributed by atoms with Crippen LogP contribution in [0.5, 0.6) is 0 Å². The molecule has 1 aromatic rings. The second-order valence-electron chi connectivity index (χ2n) is 5.10. The van der Waals surface area contributed by atoms with Gasteiger partial charge in [0.15, 0.2) is 0 Å². The minimum atomic E-state index is -3.49. The van der Waals surface area contributed by atoms with Gasteiger partial charge in [0, 0.05) is 17.5 Å². The third-order valence-electron chi connectivity index (χ3n) is 3.71. The van der Waals surface area contributed by atoms with E-state index in [9.17, 15) is 13.2 Å². The summed E-state index contributed by atoms with van der Waals surface area (Å²) in [4.78, 5) is 12.0. The monoisotopic (exact) mass is 317 g/mol. The maximum atomic E-state index is 12.6. The lowest BCUT2D eigenvalue weighted by Crippen LogP contribution is -2.45. The molecule has 0 saturated carbocycles. The van der Waals surface area contributed by atoms with Gasteiger partial charge in [-0.15, -0.1) is 11.3 Å². The fraction of sp³-hybridized carbons (Fsp3) is 0.615. The highest BCUT2D eigenvalue weighted by Gasteiger charge is 2.37. The maximum absolute atomic E-state index is 12.6. The van der Waals surface area contributed by atoms with Crippen LogP contribution in [0.25, 0.3) is 0 Å². The first-order valence-corrected chi connectivity index (χ1v) is 8.95. The summed E-state index contributed by atoms with van der Waals surface area (Å²) in [5.74, 6) is -1.27. The molecule has 2 unspecified atom stereocenters. The molecule has 2 heterocycles. The van der Waals surface area contributed by atoms with Gasteiger partial charge in [-0.2, -0.15) is 4.31 Å². The smallest absolute Gasteiger partial charge is 0.306 e. The molecule has 112 valence electrons. The molecule has 0 aromatic carbocycles. The van der Waals surface area contributed by atoms with E-state index in [2.05, 4.69) is 0 Å². The fourth-order valence-electron chi connectivity index (χ4n) is 2.53. The van der Waals surface area contributed by atoms with Crippen LogP contribution in [-0.4, -0.2) is 36.4 Å². The van der Waals surface area contributed by atoms with Gasteiger partial charge >= 0.3 is 5.97 Å². The summed E-state index contributed by atoms with van der Waals surface area (Å²) in [6.45, 7) is 4.05. The van der Waals surface area contributed by atoms with Gasteiger partial charge in [0.05, 0.1) is 5.92 Å². The molecule has 0 amide bonds.